The second kappa shape index (κ2) is 6.59. The van der Waals surface area contributed by atoms with Crippen molar-refractivity contribution in [2.24, 2.45) is 5.92 Å². The second-order valence-electron chi connectivity index (χ2n) is 4.15. The van der Waals surface area contributed by atoms with E-state index in [2.05, 4.69) is 11.9 Å². The molecule has 0 bridgehead atoms. The first kappa shape index (κ1) is 13.1. The number of pyridine rings is 1. The zero-order chi connectivity index (χ0) is 12.0. The number of rotatable bonds is 6. The molecule has 3 heteroatoms. The summed E-state index contributed by atoms with van der Waals surface area (Å²) < 4.78 is 13.4. The molecule has 0 saturated heterocycles. The molecule has 0 saturated carbocycles. The van der Waals surface area contributed by atoms with Crippen molar-refractivity contribution in [3.05, 3.63) is 29.8 Å². The van der Waals surface area contributed by atoms with Crippen LogP contribution in [0.15, 0.2) is 18.5 Å². The van der Waals surface area contributed by atoms with Gasteiger partial charge in [-0.05, 0) is 18.4 Å². The lowest BCUT2D eigenvalue weighted by molar-refractivity contribution is 0.0952. The van der Waals surface area contributed by atoms with E-state index in [4.69, 9.17) is 0 Å². The molecule has 1 aromatic rings. The van der Waals surface area contributed by atoms with Crippen molar-refractivity contribution in [2.45, 2.75) is 45.6 Å². The van der Waals surface area contributed by atoms with Crippen LogP contribution in [0.25, 0.3) is 0 Å². The highest BCUT2D eigenvalue weighted by Gasteiger charge is 2.21. The highest BCUT2D eigenvalue weighted by Crippen LogP contribution is 2.29. The van der Waals surface area contributed by atoms with Crippen molar-refractivity contribution < 1.29 is 9.50 Å². The zero-order valence-corrected chi connectivity index (χ0v) is 9.99. The molecule has 1 aromatic heterocycles. The number of hydrogen-bond acceptors (Lipinski definition) is 2. The predicted octanol–water partition coefficient (Wildman–Crippen LogP) is 3.47. The highest BCUT2D eigenvalue weighted by molar-refractivity contribution is 5.16. The van der Waals surface area contributed by atoms with Gasteiger partial charge in [0.05, 0.1) is 12.3 Å². The van der Waals surface area contributed by atoms with E-state index in [0.29, 0.717) is 5.56 Å². The first-order chi connectivity index (χ1) is 7.70. The van der Waals surface area contributed by atoms with Gasteiger partial charge in [-0.2, -0.15) is 0 Å². The fourth-order valence-electron chi connectivity index (χ4n) is 1.93. The van der Waals surface area contributed by atoms with E-state index >= 15 is 0 Å². The zero-order valence-electron chi connectivity index (χ0n) is 9.99. The van der Waals surface area contributed by atoms with Gasteiger partial charge in [0, 0.05) is 11.8 Å². The maximum Gasteiger partial charge on any atom is 0.147 e. The Bertz CT molecular complexity index is 317. The van der Waals surface area contributed by atoms with E-state index in [1.807, 2.05) is 6.92 Å². The average Bonchev–Trinajstić information content (AvgIpc) is 2.30. The van der Waals surface area contributed by atoms with Crippen LogP contribution < -0.4 is 0 Å². The van der Waals surface area contributed by atoms with Gasteiger partial charge in [0.25, 0.3) is 0 Å². The summed E-state index contributed by atoms with van der Waals surface area (Å²) in [5.41, 5.74) is 0.373. The van der Waals surface area contributed by atoms with Gasteiger partial charge in [-0.1, -0.05) is 33.1 Å². The lowest BCUT2D eigenvalue weighted by atomic mass is 9.89. The van der Waals surface area contributed by atoms with Crippen LogP contribution in [-0.2, 0) is 0 Å². The quantitative estimate of drug-likeness (QED) is 0.804. The number of halogens is 1. The van der Waals surface area contributed by atoms with E-state index in [-0.39, 0.29) is 5.92 Å². The Balaban J connectivity index is 2.74. The number of aliphatic hydroxyl groups is 1. The summed E-state index contributed by atoms with van der Waals surface area (Å²) in [5.74, 6) is -0.276. The van der Waals surface area contributed by atoms with Gasteiger partial charge in [0.2, 0.25) is 0 Å². The van der Waals surface area contributed by atoms with Crippen LogP contribution in [0.2, 0.25) is 0 Å². The normalized spacial score (nSPS) is 14.8. The summed E-state index contributed by atoms with van der Waals surface area (Å²) in [6, 6.07) is 1.56. The molecule has 1 rings (SSSR count). The number of aromatic nitrogens is 1. The van der Waals surface area contributed by atoms with Crippen LogP contribution in [0.5, 0.6) is 0 Å². The molecule has 0 aromatic carbocycles. The molecule has 2 atom stereocenters. The van der Waals surface area contributed by atoms with Gasteiger partial charge in [0.15, 0.2) is 0 Å². The van der Waals surface area contributed by atoms with Gasteiger partial charge in [0.1, 0.15) is 5.82 Å². The van der Waals surface area contributed by atoms with E-state index < -0.39 is 11.9 Å². The van der Waals surface area contributed by atoms with Gasteiger partial charge >= 0.3 is 0 Å². The SMILES string of the molecule is CCCCC(CC)C(O)c1ccncc1F. The van der Waals surface area contributed by atoms with E-state index in [1.54, 1.807) is 6.07 Å². The van der Waals surface area contributed by atoms with Gasteiger partial charge in [-0.25, -0.2) is 4.39 Å². The Morgan fingerprint density at radius 2 is 2.19 bits per heavy atom. The fraction of sp³-hybridized carbons (Fsp3) is 0.615. The second-order valence-corrected chi connectivity index (χ2v) is 4.15. The predicted molar refractivity (Wildman–Crippen MR) is 62.5 cm³/mol. The molecule has 1 heterocycles. The molecule has 0 amide bonds. The highest BCUT2D eigenvalue weighted by atomic mass is 19.1. The number of nitrogens with zero attached hydrogens (tertiary/aromatic N) is 1. The summed E-state index contributed by atoms with van der Waals surface area (Å²) in [6.45, 7) is 4.15. The Hall–Kier alpha value is -0.960. The molecule has 0 radical (unpaired) electrons. The summed E-state index contributed by atoms with van der Waals surface area (Å²) >= 11 is 0. The summed E-state index contributed by atoms with van der Waals surface area (Å²) in [6.07, 6.45) is 5.95. The fourth-order valence-corrected chi connectivity index (χ4v) is 1.93. The van der Waals surface area contributed by atoms with E-state index in [9.17, 15) is 9.50 Å². The summed E-state index contributed by atoms with van der Waals surface area (Å²) in [7, 11) is 0. The smallest absolute Gasteiger partial charge is 0.147 e. The third-order valence-corrected chi connectivity index (χ3v) is 3.02. The molecular formula is C13H20FNO. The van der Waals surface area contributed by atoms with Crippen molar-refractivity contribution >= 4 is 0 Å². The van der Waals surface area contributed by atoms with Crippen LogP contribution in [0, 0.1) is 11.7 Å². The minimum absolute atomic E-state index is 0.136. The largest absolute Gasteiger partial charge is 0.388 e. The topological polar surface area (TPSA) is 33.1 Å². The standard InChI is InChI=1S/C13H20FNO/c1-3-5-6-10(4-2)13(16)11-7-8-15-9-12(11)14/h7-10,13,16H,3-6H2,1-2H3. The Morgan fingerprint density at radius 1 is 1.44 bits per heavy atom. The van der Waals surface area contributed by atoms with Crippen molar-refractivity contribution in [1.82, 2.24) is 4.98 Å². The number of hydrogen-bond donors (Lipinski definition) is 1. The van der Waals surface area contributed by atoms with E-state index in [1.165, 1.54) is 6.20 Å². The summed E-state index contributed by atoms with van der Waals surface area (Å²) in [4.78, 5) is 3.69. The lowest BCUT2D eigenvalue weighted by Gasteiger charge is -2.21. The molecule has 0 aliphatic heterocycles. The molecule has 1 N–H and O–H groups in total. The van der Waals surface area contributed by atoms with Crippen LogP contribution in [0.4, 0.5) is 4.39 Å². The van der Waals surface area contributed by atoms with Crippen LogP contribution >= 0.6 is 0 Å². The van der Waals surface area contributed by atoms with Gasteiger partial charge in [-0.3, -0.25) is 4.98 Å². The minimum Gasteiger partial charge on any atom is -0.388 e. The summed E-state index contributed by atoms with van der Waals surface area (Å²) in [5, 5.41) is 10.1. The third kappa shape index (κ3) is 3.27. The molecule has 0 fully saturated rings. The first-order valence-electron chi connectivity index (χ1n) is 5.98. The molecule has 16 heavy (non-hydrogen) atoms. The Morgan fingerprint density at radius 3 is 2.75 bits per heavy atom. The van der Waals surface area contributed by atoms with Crippen molar-refractivity contribution in [2.75, 3.05) is 0 Å². The van der Waals surface area contributed by atoms with Crippen LogP contribution in [-0.4, -0.2) is 10.1 Å². The molecule has 0 aliphatic rings. The molecule has 0 spiro atoms. The maximum absolute atomic E-state index is 13.4. The Kier molecular flexibility index (Phi) is 5.39. The van der Waals surface area contributed by atoms with Crippen molar-refractivity contribution in [3.8, 4) is 0 Å². The van der Waals surface area contributed by atoms with Gasteiger partial charge < -0.3 is 5.11 Å². The number of aliphatic hydroxyl groups excluding tert-OH is 1. The minimum atomic E-state index is -0.709. The molecule has 0 aliphatic carbocycles. The van der Waals surface area contributed by atoms with Gasteiger partial charge in [-0.15, -0.1) is 0 Å². The molecule has 2 nitrogen and oxygen atoms in total. The third-order valence-electron chi connectivity index (χ3n) is 3.02. The first-order valence-corrected chi connectivity index (χ1v) is 5.98. The monoisotopic (exact) mass is 225 g/mol. The Labute approximate surface area is 96.5 Å². The van der Waals surface area contributed by atoms with Crippen LogP contribution in [0.1, 0.15) is 51.2 Å². The van der Waals surface area contributed by atoms with Crippen LogP contribution in [0.3, 0.4) is 0 Å². The lowest BCUT2D eigenvalue weighted by Crippen LogP contribution is -2.13. The maximum atomic E-state index is 13.4. The average molecular weight is 225 g/mol. The van der Waals surface area contributed by atoms with E-state index in [0.717, 1.165) is 31.9 Å². The molecule has 90 valence electrons. The van der Waals surface area contributed by atoms with Crippen molar-refractivity contribution in [1.29, 1.82) is 0 Å². The number of unbranched alkanes of at least 4 members (excludes halogenated alkanes) is 1. The van der Waals surface area contributed by atoms with Crippen molar-refractivity contribution in [3.63, 3.8) is 0 Å². The molecular weight excluding hydrogens is 205 g/mol. The molecule has 2 unspecified atom stereocenters.